The molecule has 21 heavy (non-hydrogen) atoms. The van der Waals surface area contributed by atoms with Crippen LogP contribution in [-0.4, -0.2) is 23.8 Å². The summed E-state index contributed by atoms with van der Waals surface area (Å²) in [5, 5.41) is 6.15. The molecule has 1 aliphatic carbocycles. The van der Waals surface area contributed by atoms with Crippen LogP contribution in [-0.2, 0) is 11.3 Å². The first-order valence-electron chi connectivity index (χ1n) is 7.22. The van der Waals surface area contributed by atoms with Crippen molar-refractivity contribution >= 4 is 6.09 Å². The molecule has 0 spiro atoms. The van der Waals surface area contributed by atoms with Gasteiger partial charge in [-0.3, -0.25) is 0 Å². The number of ether oxygens (including phenoxy) is 1. The summed E-state index contributed by atoms with van der Waals surface area (Å²) >= 11 is 0. The summed E-state index contributed by atoms with van der Waals surface area (Å²) in [7, 11) is 0. The molecule has 0 heterocycles. The SMILES string of the molecule is Cc1ccc(F)cc1CNC1CC1NC(=O)OC(C)(C)C. The maximum absolute atomic E-state index is 13.2. The van der Waals surface area contributed by atoms with Gasteiger partial charge in [0.2, 0.25) is 0 Å². The molecule has 1 amide bonds. The maximum Gasteiger partial charge on any atom is 0.407 e. The minimum absolute atomic E-state index is 0.0914. The molecule has 0 saturated heterocycles. The first-order chi connectivity index (χ1) is 9.74. The van der Waals surface area contributed by atoms with E-state index in [1.165, 1.54) is 6.07 Å². The van der Waals surface area contributed by atoms with Crippen LogP contribution in [0.2, 0.25) is 0 Å². The number of hydrogen-bond acceptors (Lipinski definition) is 3. The number of carbonyl (C=O) groups excluding carboxylic acids is 1. The molecule has 0 radical (unpaired) electrons. The number of rotatable bonds is 4. The highest BCUT2D eigenvalue weighted by Gasteiger charge is 2.38. The van der Waals surface area contributed by atoms with Gasteiger partial charge in [0.1, 0.15) is 11.4 Å². The van der Waals surface area contributed by atoms with E-state index in [0.29, 0.717) is 6.54 Å². The summed E-state index contributed by atoms with van der Waals surface area (Å²) in [6.45, 7) is 8.06. The molecule has 1 aromatic carbocycles. The van der Waals surface area contributed by atoms with E-state index in [0.717, 1.165) is 17.5 Å². The predicted molar refractivity (Wildman–Crippen MR) is 79.5 cm³/mol. The average molecular weight is 294 g/mol. The number of halogens is 1. The van der Waals surface area contributed by atoms with E-state index >= 15 is 0 Å². The van der Waals surface area contributed by atoms with Crippen molar-refractivity contribution in [2.45, 2.75) is 58.3 Å². The van der Waals surface area contributed by atoms with Crippen LogP contribution in [0, 0.1) is 12.7 Å². The van der Waals surface area contributed by atoms with Crippen molar-refractivity contribution in [3.63, 3.8) is 0 Å². The molecule has 1 aliphatic rings. The summed E-state index contributed by atoms with van der Waals surface area (Å²) in [6, 6.07) is 5.09. The van der Waals surface area contributed by atoms with Crippen LogP contribution in [0.5, 0.6) is 0 Å². The minimum atomic E-state index is -0.486. The summed E-state index contributed by atoms with van der Waals surface area (Å²) in [4.78, 5) is 11.6. The van der Waals surface area contributed by atoms with Gasteiger partial charge < -0.3 is 15.4 Å². The van der Waals surface area contributed by atoms with E-state index in [9.17, 15) is 9.18 Å². The lowest BCUT2D eigenvalue weighted by Gasteiger charge is -2.19. The molecule has 2 rings (SSSR count). The fourth-order valence-electron chi connectivity index (χ4n) is 2.11. The molecular weight excluding hydrogens is 271 g/mol. The summed E-state index contributed by atoms with van der Waals surface area (Å²) in [5.74, 6) is -0.225. The standard InChI is InChI=1S/C16H23FN2O2/c1-10-5-6-12(17)7-11(10)9-18-13-8-14(13)19-15(20)21-16(2,3)4/h5-7,13-14,18H,8-9H2,1-4H3,(H,19,20). The van der Waals surface area contributed by atoms with E-state index in [2.05, 4.69) is 10.6 Å². The molecule has 4 nitrogen and oxygen atoms in total. The zero-order valence-corrected chi connectivity index (χ0v) is 13.0. The van der Waals surface area contributed by atoms with Gasteiger partial charge in [0.25, 0.3) is 0 Å². The van der Waals surface area contributed by atoms with E-state index in [1.54, 1.807) is 12.1 Å². The third kappa shape index (κ3) is 5.01. The van der Waals surface area contributed by atoms with Crippen molar-refractivity contribution in [2.75, 3.05) is 0 Å². The summed E-state index contributed by atoms with van der Waals surface area (Å²) < 4.78 is 18.4. The Hall–Kier alpha value is -1.62. The van der Waals surface area contributed by atoms with Crippen molar-refractivity contribution < 1.29 is 13.9 Å². The molecule has 1 saturated carbocycles. The zero-order chi connectivity index (χ0) is 15.6. The fraction of sp³-hybridized carbons (Fsp3) is 0.562. The largest absolute Gasteiger partial charge is 0.444 e. The number of nitrogens with one attached hydrogen (secondary N) is 2. The van der Waals surface area contributed by atoms with Crippen LogP contribution in [0.25, 0.3) is 0 Å². The van der Waals surface area contributed by atoms with Crippen molar-refractivity contribution in [3.05, 3.63) is 35.1 Å². The number of hydrogen-bond donors (Lipinski definition) is 2. The van der Waals surface area contributed by atoms with E-state index in [-0.39, 0.29) is 17.9 Å². The van der Waals surface area contributed by atoms with Crippen LogP contribution in [0.1, 0.15) is 38.3 Å². The highest BCUT2D eigenvalue weighted by molar-refractivity contribution is 5.68. The highest BCUT2D eigenvalue weighted by Crippen LogP contribution is 2.23. The Labute approximate surface area is 125 Å². The first kappa shape index (κ1) is 15.8. The molecule has 0 aromatic heterocycles. The molecule has 0 bridgehead atoms. The lowest BCUT2D eigenvalue weighted by molar-refractivity contribution is 0.0522. The minimum Gasteiger partial charge on any atom is -0.444 e. The van der Waals surface area contributed by atoms with Gasteiger partial charge in [-0.2, -0.15) is 0 Å². The second-order valence-electron chi connectivity index (χ2n) is 6.55. The Morgan fingerprint density at radius 1 is 1.38 bits per heavy atom. The van der Waals surface area contributed by atoms with Gasteiger partial charge in [-0.25, -0.2) is 9.18 Å². The first-order valence-corrected chi connectivity index (χ1v) is 7.22. The molecule has 2 unspecified atom stereocenters. The summed E-state index contributed by atoms with van der Waals surface area (Å²) in [6.07, 6.45) is 0.479. The molecular formula is C16H23FN2O2. The molecule has 2 atom stereocenters. The van der Waals surface area contributed by atoms with Gasteiger partial charge in [-0.05, 0) is 57.4 Å². The van der Waals surface area contributed by atoms with Crippen LogP contribution < -0.4 is 10.6 Å². The lowest BCUT2D eigenvalue weighted by atomic mass is 10.1. The Morgan fingerprint density at radius 2 is 2.10 bits per heavy atom. The second kappa shape index (κ2) is 6.02. The van der Waals surface area contributed by atoms with Gasteiger partial charge >= 0.3 is 6.09 Å². The number of amides is 1. The highest BCUT2D eigenvalue weighted by atomic mass is 19.1. The number of aryl methyl sites for hydroxylation is 1. The average Bonchev–Trinajstić information content (AvgIpc) is 3.06. The van der Waals surface area contributed by atoms with Crippen LogP contribution in [0.15, 0.2) is 18.2 Å². The molecule has 116 valence electrons. The molecule has 0 aliphatic heterocycles. The van der Waals surface area contributed by atoms with Crippen molar-refractivity contribution in [2.24, 2.45) is 0 Å². The Bertz CT molecular complexity index is 525. The normalized spacial score (nSPS) is 21.0. The fourth-order valence-corrected chi connectivity index (χ4v) is 2.11. The molecule has 2 N–H and O–H groups in total. The maximum atomic E-state index is 13.2. The molecule has 1 fully saturated rings. The Morgan fingerprint density at radius 3 is 2.76 bits per heavy atom. The molecule has 1 aromatic rings. The zero-order valence-electron chi connectivity index (χ0n) is 13.0. The third-order valence-electron chi connectivity index (χ3n) is 3.36. The molecule has 5 heteroatoms. The van der Waals surface area contributed by atoms with Crippen molar-refractivity contribution in [3.8, 4) is 0 Å². The van der Waals surface area contributed by atoms with E-state index in [1.807, 2.05) is 27.7 Å². The van der Waals surface area contributed by atoms with Gasteiger partial charge in [0, 0.05) is 18.6 Å². The van der Waals surface area contributed by atoms with Gasteiger partial charge in [0.15, 0.2) is 0 Å². The van der Waals surface area contributed by atoms with Crippen LogP contribution in [0.4, 0.5) is 9.18 Å². The summed E-state index contributed by atoms with van der Waals surface area (Å²) in [5.41, 5.74) is 1.51. The van der Waals surface area contributed by atoms with Crippen LogP contribution >= 0.6 is 0 Å². The van der Waals surface area contributed by atoms with Gasteiger partial charge in [-0.15, -0.1) is 0 Å². The third-order valence-corrected chi connectivity index (χ3v) is 3.36. The quantitative estimate of drug-likeness (QED) is 0.897. The lowest BCUT2D eigenvalue weighted by Crippen LogP contribution is -2.36. The topological polar surface area (TPSA) is 50.4 Å². The van der Waals surface area contributed by atoms with Crippen molar-refractivity contribution in [1.82, 2.24) is 10.6 Å². The smallest absolute Gasteiger partial charge is 0.407 e. The Kier molecular flexibility index (Phi) is 4.52. The van der Waals surface area contributed by atoms with Gasteiger partial charge in [0.05, 0.1) is 0 Å². The van der Waals surface area contributed by atoms with E-state index < -0.39 is 11.7 Å². The van der Waals surface area contributed by atoms with E-state index in [4.69, 9.17) is 4.74 Å². The predicted octanol–water partition coefficient (Wildman–Crippen LogP) is 2.89. The second-order valence-corrected chi connectivity index (χ2v) is 6.55. The number of carbonyl (C=O) groups is 1. The van der Waals surface area contributed by atoms with Crippen molar-refractivity contribution in [1.29, 1.82) is 0 Å². The Balaban J connectivity index is 1.75. The number of alkyl carbamates (subject to hydrolysis) is 1. The van der Waals surface area contributed by atoms with Crippen LogP contribution in [0.3, 0.4) is 0 Å². The van der Waals surface area contributed by atoms with Gasteiger partial charge in [-0.1, -0.05) is 6.07 Å². The monoisotopic (exact) mass is 294 g/mol. The number of benzene rings is 1.